The van der Waals surface area contributed by atoms with Gasteiger partial charge in [0.1, 0.15) is 5.82 Å². The molecule has 1 rings (SSSR count). The maximum absolute atomic E-state index is 12.6. The molecule has 0 amide bonds. The van der Waals surface area contributed by atoms with Crippen molar-refractivity contribution >= 4 is 5.69 Å². The molecule has 0 atom stereocenters. The van der Waals surface area contributed by atoms with Crippen LogP contribution in [0.25, 0.3) is 0 Å². The fourth-order valence-electron chi connectivity index (χ4n) is 0.751. The van der Waals surface area contributed by atoms with E-state index < -0.39 is 0 Å². The van der Waals surface area contributed by atoms with Crippen LogP contribution in [0.2, 0.25) is 0 Å². The van der Waals surface area contributed by atoms with Gasteiger partial charge in [0.2, 0.25) is 0 Å². The van der Waals surface area contributed by atoms with Gasteiger partial charge >= 0.3 is 0 Å². The first-order valence-electron chi connectivity index (χ1n) is 2.98. The van der Waals surface area contributed by atoms with E-state index in [9.17, 15) is 4.39 Å². The van der Waals surface area contributed by atoms with Crippen LogP contribution < -0.4 is 11.5 Å². The third-order valence-corrected chi connectivity index (χ3v) is 1.29. The molecule has 0 saturated heterocycles. The monoisotopic (exact) mass is 140 g/mol. The van der Waals surface area contributed by atoms with E-state index in [1.54, 1.807) is 0 Å². The van der Waals surface area contributed by atoms with E-state index in [0.717, 1.165) is 0 Å². The largest absolute Gasteiger partial charge is 0.399 e. The molecule has 0 saturated carbocycles. The van der Waals surface area contributed by atoms with Gasteiger partial charge in [-0.05, 0) is 18.2 Å². The first-order chi connectivity index (χ1) is 4.74. The van der Waals surface area contributed by atoms with Gasteiger partial charge in [-0.25, -0.2) is 4.39 Å². The maximum Gasteiger partial charge on any atom is 0.127 e. The molecule has 2 nitrogen and oxygen atoms in total. The van der Waals surface area contributed by atoms with Crippen LogP contribution in [0.4, 0.5) is 10.1 Å². The molecular formula is C7H9FN2. The van der Waals surface area contributed by atoms with Crippen molar-refractivity contribution < 1.29 is 4.39 Å². The highest BCUT2D eigenvalue weighted by Gasteiger charge is 1.97. The van der Waals surface area contributed by atoms with Crippen LogP contribution in [0.5, 0.6) is 0 Å². The van der Waals surface area contributed by atoms with Crippen LogP contribution in [0.3, 0.4) is 0 Å². The Kier molecular flexibility index (Phi) is 1.87. The zero-order valence-corrected chi connectivity index (χ0v) is 5.47. The molecule has 0 spiro atoms. The highest BCUT2D eigenvalue weighted by atomic mass is 19.1. The third-order valence-electron chi connectivity index (χ3n) is 1.29. The van der Waals surface area contributed by atoms with E-state index in [4.69, 9.17) is 11.5 Å². The van der Waals surface area contributed by atoms with Crippen molar-refractivity contribution in [3.05, 3.63) is 29.6 Å². The predicted octanol–water partition coefficient (Wildman–Crippen LogP) is 0.867. The van der Waals surface area contributed by atoms with E-state index in [1.165, 1.54) is 18.2 Å². The highest BCUT2D eigenvalue weighted by Crippen LogP contribution is 2.10. The Morgan fingerprint density at radius 3 is 2.60 bits per heavy atom. The molecule has 1 aromatic carbocycles. The number of nitrogen functional groups attached to an aromatic ring is 1. The van der Waals surface area contributed by atoms with Gasteiger partial charge in [-0.15, -0.1) is 0 Å². The second-order valence-corrected chi connectivity index (χ2v) is 2.05. The lowest BCUT2D eigenvalue weighted by Crippen LogP contribution is -2.00. The van der Waals surface area contributed by atoms with Gasteiger partial charge in [0, 0.05) is 17.8 Å². The third kappa shape index (κ3) is 1.25. The van der Waals surface area contributed by atoms with Crippen molar-refractivity contribution in [2.75, 3.05) is 5.73 Å². The van der Waals surface area contributed by atoms with Crippen LogP contribution in [-0.4, -0.2) is 0 Å². The average molecular weight is 140 g/mol. The minimum Gasteiger partial charge on any atom is -0.399 e. The van der Waals surface area contributed by atoms with Crippen molar-refractivity contribution in [1.82, 2.24) is 0 Å². The number of rotatable bonds is 1. The normalized spacial score (nSPS) is 9.80. The van der Waals surface area contributed by atoms with Crippen molar-refractivity contribution in [2.45, 2.75) is 6.54 Å². The summed E-state index contributed by atoms with van der Waals surface area (Å²) in [6.07, 6.45) is 0. The molecule has 0 bridgehead atoms. The summed E-state index contributed by atoms with van der Waals surface area (Å²) < 4.78 is 12.6. The van der Waals surface area contributed by atoms with E-state index in [-0.39, 0.29) is 12.4 Å². The van der Waals surface area contributed by atoms with Crippen molar-refractivity contribution in [2.24, 2.45) is 5.73 Å². The Balaban J connectivity index is 3.09. The van der Waals surface area contributed by atoms with E-state index in [0.29, 0.717) is 11.3 Å². The molecule has 0 aromatic heterocycles. The summed E-state index contributed by atoms with van der Waals surface area (Å²) in [5.74, 6) is -0.295. The Morgan fingerprint density at radius 1 is 1.40 bits per heavy atom. The zero-order valence-electron chi connectivity index (χ0n) is 5.47. The van der Waals surface area contributed by atoms with Crippen LogP contribution >= 0.6 is 0 Å². The molecule has 0 aliphatic carbocycles. The molecule has 0 aliphatic heterocycles. The van der Waals surface area contributed by atoms with Gasteiger partial charge in [-0.2, -0.15) is 0 Å². The number of hydrogen-bond donors (Lipinski definition) is 2. The molecule has 4 N–H and O–H groups in total. The van der Waals surface area contributed by atoms with Crippen LogP contribution in [0.1, 0.15) is 5.56 Å². The molecule has 10 heavy (non-hydrogen) atoms. The lowest BCUT2D eigenvalue weighted by atomic mass is 10.2. The molecule has 0 heterocycles. The summed E-state index contributed by atoms with van der Waals surface area (Å²) in [6, 6.07) is 4.36. The zero-order chi connectivity index (χ0) is 7.56. The van der Waals surface area contributed by atoms with Crippen LogP contribution in [0.15, 0.2) is 18.2 Å². The predicted molar refractivity (Wildman–Crippen MR) is 38.7 cm³/mol. The minimum atomic E-state index is -0.295. The number of benzene rings is 1. The van der Waals surface area contributed by atoms with Crippen molar-refractivity contribution in [3.8, 4) is 0 Å². The Labute approximate surface area is 58.6 Å². The molecule has 0 unspecified atom stereocenters. The number of hydrogen-bond acceptors (Lipinski definition) is 2. The highest BCUT2D eigenvalue weighted by molar-refractivity contribution is 5.41. The fourth-order valence-corrected chi connectivity index (χ4v) is 0.751. The van der Waals surface area contributed by atoms with Gasteiger partial charge in [0.25, 0.3) is 0 Å². The van der Waals surface area contributed by atoms with Gasteiger partial charge < -0.3 is 11.5 Å². The first-order valence-corrected chi connectivity index (χ1v) is 2.98. The van der Waals surface area contributed by atoms with Crippen molar-refractivity contribution in [1.29, 1.82) is 0 Å². The topological polar surface area (TPSA) is 52.0 Å². The second-order valence-electron chi connectivity index (χ2n) is 2.05. The Bertz CT molecular complexity index is 235. The smallest absolute Gasteiger partial charge is 0.127 e. The Hall–Kier alpha value is -1.09. The number of halogens is 1. The summed E-state index contributed by atoms with van der Waals surface area (Å²) >= 11 is 0. The second kappa shape index (κ2) is 2.66. The van der Waals surface area contributed by atoms with Crippen LogP contribution in [0, 0.1) is 5.82 Å². The number of anilines is 1. The molecular weight excluding hydrogens is 131 g/mol. The summed E-state index contributed by atoms with van der Waals surface area (Å²) in [6.45, 7) is 0.191. The van der Waals surface area contributed by atoms with E-state index in [1.807, 2.05) is 0 Å². The molecule has 54 valence electrons. The quantitative estimate of drug-likeness (QED) is 0.568. The standard InChI is InChI=1S/C7H9FN2/c8-7-2-1-6(10)3-5(7)4-9/h1-3H,4,9-10H2. The summed E-state index contributed by atoms with van der Waals surface area (Å²) in [7, 11) is 0. The summed E-state index contributed by atoms with van der Waals surface area (Å²) in [5, 5.41) is 0. The van der Waals surface area contributed by atoms with Gasteiger partial charge in [0.15, 0.2) is 0 Å². The lowest BCUT2D eigenvalue weighted by molar-refractivity contribution is 0.611. The average Bonchev–Trinajstić information content (AvgIpc) is 1.94. The molecule has 0 aliphatic rings. The SMILES string of the molecule is NCc1cc(N)ccc1F. The van der Waals surface area contributed by atoms with Crippen LogP contribution in [-0.2, 0) is 6.54 Å². The fraction of sp³-hybridized carbons (Fsp3) is 0.143. The minimum absolute atomic E-state index is 0.191. The summed E-state index contributed by atoms with van der Waals surface area (Å²) in [5.41, 5.74) is 11.6. The molecule has 1 aromatic rings. The summed E-state index contributed by atoms with van der Waals surface area (Å²) in [4.78, 5) is 0. The number of nitrogens with two attached hydrogens (primary N) is 2. The van der Waals surface area contributed by atoms with Gasteiger partial charge in [0.05, 0.1) is 0 Å². The molecule has 3 heteroatoms. The first kappa shape index (κ1) is 7.02. The molecule has 0 fully saturated rings. The van der Waals surface area contributed by atoms with E-state index in [2.05, 4.69) is 0 Å². The van der Waals surface area contributed by atoms with E-state index >= 15 is 0 Å². The Morgan fingerprint density at radius 2 is 2.10 bits per heavy atom. The molecule has 0 radical (unpaired) electrons. The van der Waals surface area contributed by atoms with Crippen molar-refractivity contribution in [3.63, 3.8) is 0 Å². The van der Waals surface area contributed by atoms with Gasteiger partial charge in [-0.3, -0.25) is 0 Å². The van der Waals surface area contributed by atoms with Gasteiger partial charge in [-0.1, -0.05) is 0 Å². The maximum atomic E-state index is 12.6. The lowest BCUT2D eigenvalue weighted by Gasteiger charge is -1.99.